The fraction of sp³-hybridized carbons (Fsp3) is 0.635. The fourth-order valence-corrected chi connectivity index (χ4v) is 7.22. The van der Waals surface area contributed by atoms with Crippen molar-refractivity contribution in [2.75, 3.05) is 13.2 Å². The molecule has 6 nitrogen and oxygen atoms in total. The summed E-state index contributed by atoms with van der Waals surface area (Å²) in [7, 11) is 0. The van der Waals surface area contributed by atoms with Crippen LogP contribution in [0, 0.1) is 0 Å². The van der Waals surface area contributed by atoms with Crippen LogP contribution in [0.1, 0.15) is 239 Å². The third-order valence-corrected chi connectivity index (χ3v) is 11.4. The molecule has 0 fully saturated rings. The molecule has 0 aromatic heterocycles. The van der Waals surface area contributed by atoms with Gasteiger partial charge in [-0.2, -0.15) is 0 Å². The second kappa shape index (κ2) is 56.4. The maximum absolute atomic E-state index is 12.8. The van der Waals surface area contributed by atoms with E-state index in [1.165, 1.54) is 57.8 Å². The van der Waals surface area contributed by atoms with Crippen LogP contribution in [0.25, 0.3) is 0 Å². The lowest BCUT2D eigenvalue weighted by atomic mass is 10.1. The smallest absolute Gasteiger partial charge is 0.306 e. The molecule has 0 saturated carbocycles. The van der Waals surface area contributed by atoms with E-state index in [1.54, 1.807) is 0 Å². The van der Waals surface area contributed by atoms with Gasteiger partial charge in [0.25, 0.3) is 0 Å². The predicted molar refractivity (Wildman–Crippen MR) is 297 cm³/mol. The van der Waals surface area contributed by atoms with E-state index in [2.05, 4.69) is 142 Å². The first-order chi connectivity index (χ1) is 34.0. The van der Waals surface area contributed by atoms with Gasteiger partial charge in [0.15, 0.2) is 6.10 Å². The number of rotatable bonds is 49. The SMILES string of the molecule is CC/C=C\C/C=C\C/C=C\C/C=C\C/C=C\C/C=C\C/C=C\C/C=C\CCCCC(=O)OCC(COC(=O)CCCCCCC/C=C\CCC)OC(=O)CCCCCCC/C=C\CCCCCCC. The van der Waals surface area contributed by atoms with E-state index in [0.717, 1.165) is 135 Å². The second-order valence-electron chi connectivity index (χ2n) is 18.1. The normalized spacial score (nSPS) is 13.0. The zero-order valence-electron chi connectivity index (χ0n) is 44.5. The Hall–Kier alpha value is -4.19. The minimum Gasteiger partial charge on any atom is -0.462 e. The summed E-state index contributed by atoms with van der Waals surface area (Å²) < 4.78 is 16.7. The minimum absolute atomic E-state index is 0.102. The first-order valence-corrected chi connectivity index (χ1v) is 28.0. The molecule has 0 N–H and O–H groups in total. The molecule has 0 aliphatic rings. The van der Waals surface area contributed by atoms with Gasteiger partial charge < -0.3 is 14.2 Å². The summed E-state index contributed by atoms with van der Waals surface area (Å²) >= 11 is 0. The van der Waals surface area contributed by atoms with Crippen LogP contribution in [-0.2, 0) is 28.6 Å². The Bertz CT molecular complexity index is 1470. The average molecular weight is 956 g/mol. The first kappa shape index (κ1) is 64.8. The highest BCUT2D eigenvalue weighted by Crippen LogP contribution is 2.13. The van der Waals surface area contributed by atoms with E-state index in [-0.39, 0.29) is 31.1 Å². The molecule has 0 aromatic carbocycles. The molecule has 0 aliphatic carbocycles. The molecular weight excluding hydrogens is 853 g/mol. The topological polar surface area (TPSA) is 78.9 Å². The monoisotopic (exact) mass is 955 g/mol. The van der Waals surface area contributed by atoms with Gasteiger partial charge in [0.05, 0.1) is 0 Å². The molecule has 0 aliphatic heterocycles. The predicted octanol–water partition coefficient (Wildman–Crippen LogP) is 18.9. The van der Waals surface area contributed by atoms with Gasteiger partial charge in [0.1, 0.15) is 13.2 Å². The second-order valence-corrected chi connectivity index (χ2v) is 18.1. The van der Waals surface area contributed by atoms with E-state index in [9.17, 15) is 14.4 Å². The van der Waals surface area contributed by atoms with E-state index >= 15 is 0 Å². The molecule has 69 heavy (non-hydrogen) atoms. The van der Waals surface area contributed by atoms with Gasteiger partial charge in [-0.3, -0.25) is 14.4 Å². The Kier molecular flexibility index (Phi) is 53.0. The Labute approximate surface area is 424 Å². The zero-order valence-corrected chi connectivity index (χ0v) is 44.5. The van der Waals surface area contributed by atoms with Crippen molar-refractivity contribution in [3.05, 3.63) is 122 Å². The van der Waals surface area contributed by atoms with Crippen molar-refractivity contribution in [2.24, 2.45) is 0 Å². The number of hydrogen-bond acceptors (Lipinski definition) is 6. The third-order valence-electron chi connectivity index (χ3n) is 11.4. The van der Waals surface area contributed by atoms with Crippen molar-refractivity contribution in [1.82, 2.24) is 0 Å². The average Bonchev–Trinajstić information content (AvgIpc) is 3.35. The minimum atomic E-state index is -0.806. The van der Waals surface area contributed by atoms with Gasteiger partial charge in [0, 0.05) is 19.3 Å². The van der Waals surface area contributed by atoms with Gasteiger partial charge in [-0.25, -0.2) is 0 Å². The lowest BCUT2D eigenvalue weighted by Gasteiger charge is -2.18. The number of hydrogen-bond donors (Lipinski definition) is 0. The summed E-state index contributed by atoms with van der Waals surface area (Å²) in [6, 6.07) is 0. The summed E-state index contributed by atoms with van der Waals surface area (Å²) in [6.45, 7) is 6.39. The van der Waals surface area contributed by atoms with E-state index in [1.807, 2.05) is 0 Å². The van der Waals surface area contributed by atoms with Crippen LogP contribution in [0.3, 0.4) is 0 Å². The number of unbranched alkanes of at least 4 members (excludes halogenated alkanes) is 18. The Morgan fingerprint density at radius 3 is 0.986 bits per heavy atom. The molecule has 0 rings (SSSR count). The molecule has 1 unspecified atom stereocenters. The van der Waals surface area contributed by atoms with E-state index in [4.69, 9.17) is 14.2 Å². The molecule has 0 heterocycles. The Morgan fingerprint density at radius 1 is 0.304 bits per heavy atom. The first-order valence-electron chi connectivity index (χ1n) is 28.0. The number of esters is 3. The third kappa shape index (κ3) is 54.6. The van der Waals surface area contributed by atoms with Crippen LogP contribution < -0.4 is 0 Å². The molecule has 390 valence electrons. The highest BCUT2D eigenvalue weighted by Gasteiger charge is 2.19. The van der Waals surface area contributed by atoms with Crippen LogP contribution >= 0.6 is 0 Å². The van der Waals surface area contributed by atoms with Crippen LogP contribution in [0.5, 0.6) is 0 Å². The molecule has 0 bridgehead atoms. The quantitative estimate of drug-likeness (QED) is 0.0262. The van der Waals surface area contributed by atoms with Crippen LogP contribution in [0.4, 0.5) is 0 Å². The maximum atomic E-state index is 12.8. The standard InChI is InChI=1S/C63H102O6/c1-4-7-10-13-16-19-22-24-26-27-28-29-30-31-32-33-34-35-36-37-38-40-41-44-47-50-53-56-62(65)68-59-60(58-67-61(64)55-52-49-46-43-21-18-15-12-9-6-3)69-63(66)57-54-51-48-45-42-39-25-23-20-17-14-11-8-5-2/h7,10,12,15-16,19,23-26,28-29,31-32,34-35,37-38,41,44,60H,4-6,8-9,11,13-14,17-18,20-22,27,30,33,36,39-40,42-43,45-59H2,1-3H3/b10-7-,15-12-,19-16-,25-23-,26-24-,29-28-,32-31-,35-34-,38-37-,44-41-. The van der Waals surface area contributed by atoms with Crippen LogP contribution in [0.15, 0.2) is 122 Å². The molecule has 1 atom stereocenters. The Balaban J connectivity index is 4.39. The fourth-order valence-electron chi connectivity index (χ4n) is 7.22. The number of allylic oxidation sites excluding steroid dienone is 20. The van der Waals surface area contributed by atoms with Crippen LogP contribution in [-0.4, -0.2) is 37.2 Å². The summed E-state index contributed by atoms with van der Waals surface area (Å²) in [6.07, 6.45) is 77.7. The van der Waals surface area contributed by atoms with Crippen molar-refractivity contribution in [3.63, 3.8) is 0 Å². The summed E-state index contributed by atoms with van der Waals surface area (Å²) in [5, 5.41) is 0. The van der Waals surface area contributed by atoms with Crippen molar-refractivity contribution >= 4 is 17.9 Å². The summed E-state index contributed by atoms with van der Waals surface area (Å²) in [5.41, 5.74) is 0. The van der Waals surface area contributed by atoms with Crippen molar-refractivity contribution in [1.29, 1.82) is 0 Å². The summed E-state index contributed by atoms with van der Waals surface area (Å²) in [4.78, 5) is 38.0. The molecule has 0 aromatic rings. The number of carbonyl (C=O) groups is 3. The van der Waals surface area contributed by atoms with Gasteiger partial charge in [0.2, 0.25) is 0 Å². The van der Waals surface area contributed by atoms with Gasteiger partial charge in [-0.05, 0) is 128 Å². The molecule has 0 amide bonds. The largest absolute Gasteiger partial charge is 0.462 e. The highest BCUT2D eigenvalue weighted by molar-refractivity contribution is 5.71. The zero-order chi connectivity index (χ0) is 50.0. The summed E-state index contributed by atoms with van der Waals surface area (Å²) in [5.74, 6) is -0.972. The van der Waals surface area contributed by atoms with E-state index < -0.39 is 6.10 Å². The van der Waals surface area contributed by atoms with Gasteiger partial charge in [-0.1, -0.05) is 213 Å². The van der Waals surface area contributed by atoms with Gasteiger partial charge in [-0.15, -0.1) is 0 Å². The van der Waals surface area contributed by atoms with Gasteiger partial charge >= 0.3 is 17.9 Å². The lowest BCUT2D eigenvalue weighted by Crippen LogP contribution is -2.30. The molecule has 0 spiro atoms. The van der Waals surface area contributed by atoms with Crippen molar-refractivity contribution in [3.8, 4) is 0 Å². The molecular formula is C63H102O6. The van der Waals surface area contributed by atoms with E-state index in [0.29, 0.717) is 25.7 Å². The lowest BCUT2D eigenvalue weighted by molar-refractivity contribution is -0.167. The molecule has 6 heteroatoms. The Morgan fingerprint density at radius 2 is 0.594 bits per heavy atom. The number of ether oxygens (including phenoxy) is 3. The van der Waals surface area contributed by atoms with Crippen molar-refractivity contribution in [2.45, 2.75) is 245 Å². The van der Waals surface area contributed by atoms with Crippen LogP contribution in [0.2, 0.25) is 0 Å². The molecule has 0 radical (unpaired) electrons. The molecule has 0 saturated heterocycles. The number of carbonyl (C=O) groups excluding carboxylic acids is 3. The highest BCUT2D eigenvalue weighted by atomic mass is 16.6. The van der Waals surface area contributed by atoms with Crippen molar-refractivity contribution < 1.29 is 28.6 Å². The maximum Gasteiger partial charge on any atom is 0.306 e.